The summed E-state index contributed by atoms with van der Waals surface area (Å²) in [6.45, 7) is 4.26. The molecule has 0 saturated heterocycles. The van der Waals surface area contributed by atoms with Gasteiger partial charge in [0, 0.05) is 44.6 Å². The number of fused-ring (bicyclic) bond motifs is 3. The van der Waals surface area contributed by atoms with Gasteiger partial charge in [-0.3, -0.25) is 0 Å². The lowest BCUT2D eigenvalue weighted by atomic mass is 9.83. The van der Waals surface area contributed by atoms with Gasteiger partial charge in [0.15, 0.2) is 0 Å². The molecule has 3 heteroatoms. The maximum Gasteiger partial charge on any atom is 0.0546 e. The van der Waals surface area contributed by atoms with Crippen LogP contribution >= 0.6 is 0 Å². The molecule has 7 rings (SSSR count). The number of nitrogen functional groups attached to an aromatic ring is 1. The van der Waals surface area contributed by atoms with Crippen molar-refractivity contribution in [2.45, 2.75) is 51.9 Å². The summed E-state index contributed by atoms with van der Waals surface area (Å²) >= 11 is 0. The van der Waals surface area contributed by atoms with Crippen LogP contribution in [0.3, 0.4) is 0 Å². The minimum Gasteiger partial charge on any atom is -0.399 e. The zero-order chi connectivity index (χ0) is 27.9. The predicted octanol–water partition coefficient (Wildman–Crippen LogP) is 10.7. The van der Waals surface area contributed by atoms with Crippen molar-refractivity contribution in [1.82, 2.24) is 4.98 Å². The monoisotopic (exact) mass is 535 g/mol. The Bertz CT molecular complexity index is 1780. The zero-order valence-electron chi connectivity index (χ0n) is 24.0. The third-order valence-corrected chi connectivity index (χ3v) is 8.85. The van der Waals surface area contributed by atoms with Gasteiger partial charge in [-0.1, -0.05) is 78.9 Å². The number of rotatable bonds is 5. The Morgan fingerprint density at radius 3 is 1.88 bits per heavy atom. The normalized spacial score (nSPS) is 14.1. The van der Waals surface area contributed by atoms with Crippen LogP contribution in [0, 0.1) is 13.8 Å². The summed E-state index contributed by atoms with van der Waals surface area (Å²) in [5.74, 6) is 0.704. The maximum absolute atomic E-state index is 6.54. The third kappa shape index (κ3) is 4.86. The fraction of sp³-hybridized carbons (Fsp3) is 0.211. The quantitative estimate of drug-likeness (QED) is 0.216. The molecule has 0 bridgehead atoms. The van der Waals surface area contributed by atoms with Gasteiger partial charge in [-0.15, -0.1) is 0 Å². The van der Waals surface area contributed by atoms with Crippen LogP contribution in [0.4, 0.5) is 22.7 Å². The summed E-state index contributed by atoms with van der Waals surface area (Å²) in [5.41, 5.74) is 19.3. The van der Waals surface area contributed by atoms with E-state index < -0.39 is 0 Å². The molecule has 1 saturated carbocycles. The van der Waals surface area contributed by atoms with E-state index in [-0.39, 0.29) is 0 Å². The number of aryl methyl sites for hydroxylation is 2. The van der Waals surface area contributed by atoms with E-state index in [0.717, 1.165) is 44.7 Å². The molecule has 204 valence electrons. The predicted molar refractivity (Wildman–Crippen MR) is 176 cm³/mol. The Labute approximate surface area is 242 Å². The first-order valence-electron chi connectivity index (χ1n) is 14.9. The first-order chi connectivity index (χ1) is 20.0. The van der Waals surface area contributed by atoms with Crippen LogP contribution in [0.5, 0.6) is 0 Å². The van der Waals surface area contributed by atoms with Crippen LogP contribution in [-0.2, 0) is 0 Å². The summed E-state index contributed by atoms with van der Waals surface area (Å²) < 4.78 is 0. The van der Waals surface area contributed by atoms with E-state index in [4.69, 9.17) is 5.73 Å². The molecule has 1 fully saturated rings. The zero-order valence-corrected chi connectivity index (χ0v) is 24.0. The van der Waals surface area contributed by atoms with Crippen LogP contribution in [0.25, 0.3) is 32.9 Å². The molecule has 1 aliphatic carbocycles. The molecule has 41 heavy (non-hydrogen) atoms. The van der Waals surface area contributed by atoms with Crippen molar-refractivity contribution in [1.29, 1.82) is 0 Å². The highest BCUT2D eigenvalue weighted by Gasteiger charge is 2.18. The molecule has 6 aromatic rings. The second-order valence-corrected chi connectivity index (χ2v) is 11.8. The number of aromatic nitrogens is 1. The van der Waals surface area contributed by atoms with Crippen molar-refractivity contribution in [2.24, 2.45) is 0 Å². The highest BCUT2D eigenvalue weighted by atomic mass is 15.1. The van der Waals surface area contributed by atoms with Crippen LogP contribution in [0.1, 0.15) is 54.7 Å². The smallest absolute Gasteiger partial charge is 0.0546 e. The highest BCUT2D eigenvalue weighted by molar-refractivity contribution is 6.14. The molecule has 3 nitrogen and oxygen atoms in total. The number of anilines is 4. The van der Waals surface area contributed by atoms with Gasteiger partial charge in [0.2, 0.25) is 0 Å². The minimum atomic E-state index is 0.704. The number of nitrogens with one attached hydrogen (secondary N) is 1. The summed E-state index contributed by atoms with van der Waals surface area (Å²) in [7, 11) is 0. The number of hydrogen-bond acceptors (Lipinski definition) is 2. The SMILES string of the molecule is Cc1ccc(N(c2ccc(C)cc2)c2ccc3[nH]c4c(-c5ccc(C6CCCCC6)cc5)cc(N)cc4c3c2)cc1. The lowest BCUT2D eigenvalue weighted by molar-refractivity contribution is 0.443. The van der Waals surface area contributed by atoms with Gasteiger partial charge >= 0.3 is 0 Å². The van der Waals surface area contributed by atoms with Gasteiger partial charge in [-0.2, -0.15) is 0 Å². The molecule has 1 heterocycles. The van der Waals surface area contributed by atoms with Crippen LogP contribution < -0.4 is 10.6 Å². The highest BCUT2D eigenvalue weighted by Crippen LogP contribution is 2.41. The first-order valence-corrected chi connectivity index (χ1v) is 14.9. The molecule has 3 N–H and O–H groups in total. The fourth-order valence-electron chi connectivity index (χ4n) is 6.58. The van der Waals surface area contributed by atoms with Crippen molar-refractivity contribution in [3.8, 4) is 11.1 Å². The summed E-state index contributed by atoms with van der Waals surface area (Å²) in [6, 6.07) is 37.6. The van der Waals surface area contributed by atoms with Crippen molar-refractivity contribution in [3.63, 3.8) is 0 Å². The molecule has 0 unspecified atom stereocenters. The Balaban J connectivity index is 1.34. The molecule has 0 radical (unpaired) electrons. The molecule has 1 aliphatic rings. The summed E-state index contributed by atoms with van der Waals surface area (Å²) in [6.07, 6.45) is 6.71. The average molecular weight is 536 g/mol. The average Bonchev–Trinajstić information content (AvgIpc) is 3.37. The summed E-state index contributed by atoms with van der Waals surface area (Å²) in [5, 5.41) is 2.33. The van der Waals surface area contributed by atoms with E-state index in [1.165, 1.54) is 59.7 Å². The van der Waals surface area contributed by atoms with Gasteiger partial charge in [0.25, 0.3) is 0 Å². The first kappa shape index (κ1) is 25.5. The number of nitrogens with two attached hydrogens (primary N) is 1. The molecule has 1 aromatic heterocycles. The number of nitrogens with zero attached hydrogens (tertiary/aromatic N) is 1. The largest absolute Gasteiger partial charge is 0.399 e. The molecule has 0 amide bonds. The van der Waals surface area contributed by atoms with Crippen molar-refractivity contribution in [2.75, 3.05) is 10.6 Å². The maximum atomic E-state index is 6.54. The second-order valence-electron chi connectivity index (χ2n) is 11.8. The Kier molecular flexibility index (Phi) is 6.51. The minimum absolute atomic E-state index is 0.704. The molecular weight excluding hydrogens is 498 g/mol. The van der Waals surface area contributed by atoms with E-state index in [9.17, 15) is 0 Å². The molecule has 0 atom stereocenters. The van der Waals surface area contributed by atoms with E-state index in [2.05, 4.69) is 127 Å². The number of aromatic amines is 1. The third-order valence-electron chi connectivity index (χ3n) is 8.85. The van der Waals surface area contributed by atoms with Crippen LogP contribution in [0.2, 0.25) is 0 Å². The fourth-order valence-corrected chi connectivity index (χ4v) is 6.58. The van der Waals surface area contributed by atoms with Gasteiger partial charge in [-0.05, 0) is 98.3 Å². The Morgan fingerprint density at radius 2 is 1.24 bits per heavy atom. The molecule has 0 spiro atoms. The number of hydrogen-bond donors (Lipinski definition) is 2. The van der Waals surface area contributed by atoms with E-state index in [1.807, 2.05) is 0 Å². The van der Waals surface area contributed by atoms with Crippen LogP contribution in [0.15, 0.2) is 103 Å². The van der Waals surface area contributed by atoms with E-state index >= 15 is 0 Å². The lowest BCUT2D eigenvalue weighted by Crippen LogP contribution is -2.09. The second kappa shape index (κ2) is 10.5. The van der Waals surface area contributed by atoms with Gasteiger partial charge in [0.1, 0.15) is 0 Å². The molecular formula is C38H37N3. The van der Waals surface area contributed by atoms with Crippen LogP contribution in [-0.4, -0.2) is 4.98 Å². The van der Waals surface area contributed by atoms with E-state index in [1.54, 1.807) is 0 Å². The van der Waals surface area contributed by atoms with Crippen molar-refractivity contribution in [3.05, 3.63) is 120 Å². The lowest BCUT2D eigenvalue weighted by Gasteiger charge is -2.26. The standard InChI is InChI=1S/C38H37N3/c1-25-8-16-31(17-9-25)41(32-18-10-26(2)11-19-32)33-20-21-37-35(24-33)36-23-30(39)22-34(38(36)40-37)29-14-12-28(13-15-29)27-6-4-3-5-7-27/h8-24,27,40H,3-7,39H2,1-2H3. The summed E-state index contributed by atoms with van der Waals surface area (Å²) in [4.78, 5) is 6.06. The van der Waals surface area contributed by atoms with Crippen molar-refractivity contribution >= 4 is 44.6 Å². The van der Waals surface area contributed by atoms with Gasteiger partial charge in [0.05, 0.1) is 5.52 Å². The van der Waals surface area contributed by atoms with Crippen molar-refractivity contribution < 1.29 is 0 Å². The number of benzene rings is 5. The van der Waals surface area contributed by atoms with Gasteiger partial charge in [-0.25, -0.2) is 0 Å². The Hall–Kier alpha value is -4.50. The molecule has 5 aromatic carbocycles. The number of H-pyrrole nitrogens is 1. The topological polar surface area (TPSA) is 45.0 Å². The van der Waals surface area contributed by atoms with E-state index in [0.29, 0.717) is 5.92 Å². The van der Waals surface area contributed by atoms with Gasteiger partial charge < -0.3 is 15.6 Å². The molecule has 0 aliphatic heterocycles. The Morgan fingerprint density at radius 1 is 0.634 bits per heavy atom.